The SMILES string of the molecule is COc1ccc(C(=O)N2CC[C@H](c3nc4ccccc4n3C)C2)cc1OC. The van der Waals surface area contributed by atoms with Crippen LogP contribution in [0, 0.1) is 0 Å². The number of amides is 1. The Morgan fingerprint density at radius 3 is 2.63 bits per heavy atom. The first-order valence-corrected chi connectivity index (χ1v) is 9.05. The summed E-state index contributed by atoms with van der Waals surface area (Å²) in [5, 5.41) is 0. The summed E-state index contributed by atoms with van der Waals surface area (Å²) >= 11 is 0. The predicted octanol–water partition coefficient (Wildman–Crippen LogP) is 3.22. The molecule has 1 saturated heterocycles. The first-order valence-electron chi connectivity index (χ1n) is 9.05. The van der Waals surface area contributed by atoms with Crippen LogP contribution in [0.5, 0.6) is 11.5 Å². The Labute approximate surface area is 158 Å². The van der Waals surface area contributed by atoms with Gasteiger partial charge in [-0.25, -0.2) is 4.98 Å². The Morgan fingerprint density at radius 1 is 1.11 bits per heavy atom. The molecule has 2 aromatic carbocycles. The van der Waals surface area contributed by atoms with Gasteiger partial charge >= 0.3 is 0 Å². The van der Waals surface area contributed by atoms with Crippen molar-refractivity contribution in [1.82, 2.24) is 14.5 Å². The van der Waals surface area contributed by atoms with Crippen LogP contribution in [0.1, 0.15) is 28.5 Å². The number of hydrogen-bond acceptors (Lipinski definition) is 4. The molecule has 0 aliphatic carbocycles. The molecule has 0 N–H and O–H groups in total. The van der Waals surface area contributed by atoms with Gasteiger partial charge in [0.2, 0.25) is 0 Å². The van der Waals surface area contributed by atoms with E-state index in [1.807, 2.05) is 30.1 Å². The van der Waals surface area contributed by atoms with Crippen LogP contribution < -0.4 is 9.47 Å². The smallest absolute Gasteiger partial charge is 0.254 e. The molecule has 140 valence electrons. The lowest BCUT2D eigenvalue weighted by molar-refractivity contribution is 0.0790. The van der Waals surface area contributed by atoms with Crippen LogP contribution in [0.15, 0.2) is 42.5 Å². The summed E-state index contributed by atoms with van der Waals surface area (Å²) < 4.78 is 12.7. The number of rotatable bonds is 4. The summed E-state index contributed by atoms with van der Waals surface area (Å²) in [4.78, 5) is 19.6. The molecule has 1 aliphatic rings. The zero-order valence-corrected chi connectivity index (χ0v) is 15.8. The number of aromatic nitrogens is 2. The molecule has 6 heteroatoms. The highest BCUT2D eigenvalue weighted by molar-refractivity contribution is 5.95. The Hall–Kier alpha value is -3.02. The molecule has 4 rings (SSSR count). The third-order valence-electron chi connectivity index (χ3n) is 5.29. The summed E-state index contributed by atoms with van der Waals surface area (Å²) in [6, 6.07) is 13.4. The molecule has 0 spiro atoms. The number of carbonyl (C=O) groups excluding carboxylic acids is 1. The lowest BCUT2D eigenvalue weighted by Crippen LogP contribution is -2.28. The minimum atomic E-state index is 0.0113. The van der Waals surface area contributed by atoms with Gasteiger partial charge in [0.05, 0.1) is 25.3 Å². The quantitative estimate of drug-likeness (QED) is 0.712. The Bertz CT molecular complexity index is 996. The summed E-state index contributed by atoms with van der Waals surface area (Å²) in [6.07, 6.45) is 0.913. The molecule has 2 heterocycles. The highest BCUT2D eigenvalue weighted by Gasteiger charge is 2.31. The molecular formula is C21H23N3O3. The first-order chi connectivity index (χ1) is 13.1. The van der Waals surface area contributed by atoms with E-state index in [-0.39, 0.29) is 11.8 Å². The number of ether oxygens (including phenoxy) is 2. The lowest BCUT2D eigenvalue weighted by atomic mass is 10.1. The number of hydrogen-bond donors (Lipinski definition) is 0. The topological polar surface area (TPSA) is 56.6 Å². The second kappa shape index (κ2) is 6.95. The summed E-state index contributed by atoms with van der Waals surface area (Å²) in [5.74, 6) is 2.48. The molecule has 1 aromatic heterocycles. The van der Waals surface area contributed by atoms with Crippen molar-refractivity contribution in [3.63, 3.8) is 0 Å². The van der Waals surface area contributed by atoms with E-state index in [1.54, 1.807) is 32.4 Å². The minimum absolute atomic E-state index is 0.0113. The molecule has 6 nitrogen and oxygen atoms in total. The average molecular weight is 365 g/mol. The van der Waals surface area contributed by atoms with Crippen LogP contribution in [-0.2, 0) is 7.05 Å². The third-order valence-corrected chi connectivity index (χ3v) is 5.29. The molecule has 0 bridgehead atoms. The number of carbonyl (C=O) groups is 1. The Morgan fingerprint density at radius 2 is 1.89 bits per heavy atom. The molecule has 0 saturated carbocycles. The lowest BCUT2D eigenvalue weighted by Gasteiger charge is -2.17. The van der Waals surface area contributed by atoms with E-state index >= 15 is 0 Å². The number of likely N-dealkylation sites (tertiary alicyclic amines) is 1. The second-order valence-corrected chi connectivity index (χ2v) is 6.82. The van der Waals surface area contributed by atoms with Crippen LogP contribution >= 0.6 is 0 Å². The van der Waals surface area contributed by atoms with Crippen LogP contribution in [0.3, 0.4) is 0 Å². The van der Waals surface area contributed by atoms with E-state index in [9.17, 15) is 4.79 Å². The fourth-order valence-electron chi connectivity index (χ4n) is 3.84. The van der Waals surface area contributed by atoms with Gasteiger partial charge in [-0.05, 0) is 36.8 Å². The molecule has 1 aliphatic heterocycles. The number of benzene rings is 2. The van der Waals surface area contributed by atoms with Gasteiger partial charge in [-0.2, -0.15) is 0 Å². The zero-order chi connectivity index (χ0) is 19.0. The second-order valence-electron chi connectivity index (χ2n) is 6.82. The number of nitrogens with zero attached hydrogens (tertiary/aromatic N) is 3. The number of imidazole rings is 1. The Kier molecular flexibility index (Phi) is 4.48. The molecular weight excluding hydrogens is 342 g/mol. The number of para-hydroxylation sites is 2. The fourth-order valence-corrected chi connectivity index (χ4v) is 3.84. The molecule has 1 fully saturated rings. The van der Waals surface area contributed by atoms with Crippen molar-refractivity contribution in [2.24, 2.45) is 7.05 Å². The minimum Gasteiger partial charge on any atom is -0.493 e. The van der Waals surface area contributed by atoms with Crippen molar-refractivity contribution in [1.29, 1.82) is 0 Å². The van der Waals surface area contributed by atoms with Crippen LogP contribution in [0.25, 0.3) is 11.0 Å². The van der Waals surface area contributed by atoms with Gasteiger partial charge in [0, 0.05) is 31.6 Å². The van der Waals surface area contributed by atoms with Crippen molar-refractivity contribution in [3.8, 4) is 11.5 Å². The molecule has 1 atom stereocenters. The van der Waals surface area contributed by atoms with E-state index < -0.39 is 0 Å². The first kappa shape index (κ1) is 17.4. The van der Waals surface area contributed by atoms with Crippen molar-refractivity contribution in [2.45, 2.75) is 12.3 Å². The van der Waals surface area contributed by atoms with Gasteiger partial charge in [-0.1, -0.05) is 12.1 Å². The van der Waals surface area contributed by atoms with E-state index in [0.29, 0.717) is 23.6 Å². The van der Waals surface area contributed by atoms with Gasteiger partial charge < -0.3 is 18.9 Å². The fraction of sp³-hybridized carbons (Fsp3) is 0.333. The highest BCUT2D eigenvalue weighted by Crippen LogP contribution is 2.32. The van der Waals surface area contributed by atoms with Crippen LogP contribution in [0.2, 0.25) is 0 Å². The molecule has 0 unspecified atom stereocenters. The predicted molar refractivity (Wildman–Crippen MR) is 104 cm³/mol. The van der Waals surface area contributed by atoms with Gasteiger partial charge in [0.15, 0.2) is 11.5 Å². The summed E-state index contributed by atoms with van der Waals surface area (Å²) in [7, 11) is 5.20. The van der Waals surface area contributed by atoms with Crippen LogP contribution in [-0.4, -0.2) is 47.7 Å². The van der Waals surface area contributed by atoms with Gasteiger partial charge in [-0.15, -0.1) is 0 Å². The van der Waals surface area contributed by atoms with Gasteiger partial charge in [-0.3, -0.25) is 4.79 Å². The van der Waals surface area contributed by atoms with Crippen molar-refractivity contribution >= 4 is 16.9 Å². The molecule has 1 amide bonds. The number of fused-ring (bicyclic) bond motifs is 1. The monoisotopic (exact) mass is 365 g/mol. The normalized spacial score (nSPS) is 16.7. The average Bonchev–Trinajstić information content (AvgIpc) is 3.32. The van der Waals surface area contributed by atoms with Crippen molar-refractivity contribution < 1.29 is 14.3 Å². The molecule has 0 radical (unpaired) electrons. The molecule has 3 aromatic rings. The van der Waals surface area contributed by atoms with Gasteiger partial charge in [0.1, 0.15) is 5.82 Å². The summed E-state index contributed by atoms with van der Waals surface area (Å²) in [5.41, 5.74) is 2.73. The summed E-state index contributed by atoms with van der Waals surface area (Å²) in [6.45, 7) is 1.39. The van der Waals surface area contributed by atoms with Crippen LogP contribution in [0.4, 0.5) is 0 Å². The maximum Gasteiger partial charge on any atom is 0.254 e. The highest BCUT2D eigenvalue weighted by atomic mass is 16.5. The third kappa shape index (κ3) is 3.01. The standard InChI is InChI=1S/C21H23N3O3/c1-23-17-7-5-4-6-16(17)22-20(23)15-10-11-24(13-15)21(25)14-8-9-18(26-2)19(12-14)27-3/h4-9,12,15H,10-11,13H2,1-3H3/t15-/m0/s1. The number of methoxy groups -OCH3 is 2. The largest absolute Gasteiger partial charge is 0.493 e. The van der Waals surface area contributed by atoms with E-state index in [4.69, 9.17) is 14.5 Å². The van der Waals surface area contributed by atoms with Crippen molar-refractivity contribution in [2.75, 3.05) is 27.3 Å². The maximum atomic E-state index is 13.0. The van der Waals surface area contributed by atoms with E-state index in [1.165, 1.54) is 0 Å². The van der Waals surface area contributed by atoms with Gasteiger partial charge in [0.25, 0.3) is 5.91 Å². The number of aryl methyl sites for hydroxylation is 1. The Balaban J connectivity index is 1.55. The van der Waals surface area contributed by atoms with E-state index in [0.717, 1.165) is 29.8 Å². The zero-order valence-electron chi connectivity index (χ0n) is 15.8. The van der Waals surface area contributed by atoms with Crippen molar-refractivity contribution in [3.05, 3.63) is 53.9 Å². The van der Waals surface area contributed by atoms with E-state index in [2.05, 4.69) is 10.6 Å². The maximum absolute atomic E-state index is 13.0. The molecule has 27 heavy (non-hydrogen) atoms.